The van der Waals surface area contributed by atoms with Crippen LogP contribution in [0.1, 0.15) is 17.5 Å². The summed E-state index contributed by atoms with van der Waals surface area (Å²) in [5, 5.41) is 20.7. The van der Waals surface area contributed by atoms with Crippen LogP contribution in [-0.4, -0.2) is 53.9 Å². The minimum absolute atomic E-state index is 0.00208. The molecule has 3 N–H and O–H groups in total. The average molecular weight is 280 g/mol. The first kappa shape index (κ1) is 16.6. The smallest absolute Gasteiger partial charge is 0.238 e. The second kappa shape index (κ2) is 8.68. The topological polar surface area (TPSA) is 72.8 Å². The van der Waals surface area contributed by atoms with Crippen LogP contribution in [0.4, 0.5) is 5.69 Å². The lowest BCUT2D eigenvalue weighted by Crippen LogP contribution is -2.36. The number of hydrogen-bond donors (Lipinski definition) is 3. The van der Waals surface area contributed by atoms with E-state index in [2.05, 4.69) is 5.32 Å². The van der Waals surface area contributed by atoms with E-state index < -0.39 is 0 Å². The van der Waals surface area contributed by atoms with E-state index in [0.717, 1.165) is 16.8 Å². The molecule has 1 rings (SSSR count). The van der Waals surface area contributed by atoms with Crippen molar-refractivity contribution in [3.63, 3.8) is 0 Å². The maximum Gasteiger partial charge on any atom is 0.238 e. The lowest BCUT2D eigenvalue weighted by Gasteiger charge is -2.21. The molecule has 20 heavy (non-hydrogen) atoms. The molecule has 0 saturated carbocycles. The number of aryl methyl sites for hydroxylation is 2. The number of aliphatic hydroxyl groups is 2. The van der Waals surface area contributed by atoms with E-state index in [1.807, 2.05) is 36.9 Å². The summed E-state index contributed by atoms with van der Waals surface area (Å²) in [6.45, 7) is 5.24. The van der Waals surface area contributed by atoms with Crippen LogP contribution >= 0.6 is 0 Å². The highest BCUT2D eigenvalue weighted by atomic mass is 16.3. The SMILES string of the molecule is Cc1cccc(C)c1NC(=O)CN(CCO)CCCO. The van der Waals surface area contributed by atoms with Crippen molar-refractivity contribution in [3.8, 4) is 0 Å². The molecule has 0 aromatic heterocycles. The van der Waals surface area contributed by atoms with Gasteiger partial charge in [0.1, 0.15) is 0 Å². The molecule has 0 heterocycles. The van der Waals surface area contributed by atoms with Crippen LogP contribution in [0.15, 0.2) is 18.2 Å². The van der Waals surface area contributed by atoms with Gasteiger partial charge in [0.05, 0.1) is 13.2 Å². The van der Waals surface area contributed by atoms with Crippen molar-refractivity contribution in [1.82, 2.24) is 4.90 Å². The summed E-state index contributed by atoms with van der Waals surface area (Å²) in [4.78, 5) is 13.9. The molecule has 0 spiro atoms. The van der Waals surface area contributed by atoms with Gasteiger partial charge in [-0.15, -0.1) is 0 Å². The Labute approximate surface area is 120 Å². The van der Waals surface area contributed by atoms with Gasteiger partial charge in [0.2, 0.25) is 5.91 Å². The molecule has 0 aliphatic heterocycles. The summed E-state index contributed by atoms with van der Waals surface area (Å²) in [6.07, 6.45) is 0.594. The van der Waals surface area contributed by atoms with Crippen LogP contribution in [0.25, 0.3) is 0 Å². The predicted molar refractivity (Wildman–Crippen MR) is 79.8 cm³/mol. The molecule has 0 fully saturated rings. The molecule has 0 aliphatic rings. The highest BCUT2D eigenvalue weighted by molar-refractivity contribution is 5.93. The van der Waals surface area contributed by atoms with Gasteiger partial charge in [0.25, 0.3) is 0 Å². The molecule has 0 radical (unpaired) electrons. The maximum atomic E-state index is 12.1. The van der Waals surface area contributed by atoms with Crippen molar-refractivity contribution in [3.05, 3.63) is 29.3 Å². The minimum atomic E-state index is -0.103. The first-order valence-electron chi connectivity index (χ1n) is 6.88. The molecule has 0 unspecified atom stereocenters. The number of rotatable bonds is 8. The van der Waals surface area contributed by atoms with Crippen LogP contribution in [0.5, 0.6) is 0 Å². The Balaban J connectivity index is 2.61. The van der Waals surface area contributed by atoms with Gasteiger partial charge in [-0.1, -0.05) is 18.2 Å². The van der Waals surface area contributed by atoms with Gasteiger partial charge in [-0.3, -0.25) is 9.69 Å². The summed E-state index contributed by atoms with van der Waals surface area (Å²) < 4.78 is 0. The Hall–Kier alpha value is -1.43. The van der Waals surface area contributed by atoms with E-state index in [-0.39, 0.29) is 25.7 Å². The monoisotopic (exact) mass is 280 g/mol. The Kier molecular flexibility index (Phi) is 7.22. The van der Waals surface area contributed by atoms with Crippen molar-refractivity contribution in [1.29, 1.82) is 0 Å². The molecule has 5 nitrogen and oxygen atoms in total. The summed E-state index contributed by atoms with van der Waals surface area (Å²) >= 11 is 0. The zero-order valence-electron chi connectivity index (χ0n) is 12.2. The Bertz CT molecular complexity index is 415. The van der Waals surface area contributed by atoms with E-state index in [1.165, 1.54) is 0 Å². The zero-order valence-corrected chi connectivity index (χ0v) is 12.2. The number of carbonyl (C=O) groups excluding carboxylic acids is 1. The molecule has 0 aliphatic carbocycles. The van der Waals surface area contributed by atoms with Gasteiger partial charge in [0, 0.05) is 25.4 Å². The fourth-order valence-corrected chi connectivity index (χ4v) is 2.10. The van der Waals surface area contributed by atoms with Crippen molar-refractivity contribution < 1.29 is 15.0 Å². The molecular weight excluding hydrogens is 256 g/mol. The molecule has 1 amide bonds. The first-order chi connectivity index (χ1) is 9.58. The molecule has 0 atom stereocenters. The molecule has 5 heteroatoms. The molecule has 1 aromatic rings. The van der Waals surface area contributed by atoms with Gasteiger partial charge >= 0.3 is 0 Å². The first-order valence-corrected chi connectivity index (χ1v) is 6.88. The van der Waals surface area contributed by atoms with Gasteiger partial charge in [0.15, 0.2) is 0 Å². The van der Waals surface area contributed by atoms with E-state index in [1.54, 1.807) is 0 Å². The van der Waals surface area contributed by atoms with Crippen LogP contribution in [0.2, 0.25) is 0 Å². The lowest BCUT2D eigenvalue weighted by molar-refractivity contribution is -0.117. The second-order valence-corrected chi connectivity index (χ2v) is 4.89. The van der Waals surface area contributed by atoms with Crippen LogP contribution in [-0.2, 0) is 4.79 Å². The number of hydrogen-bond acceptors (Lipinski definition) is 4. The summed E-state index contributed by atoms with van der Waals surface area (Å²) in [5.41, 5.74) is 2.91. The van der Waals surface area contributed by atoms with E-state index in [0.29, 0.717) is 19.5 Å². The number of carbonyl (C=O) groups is 1. The number of amides is 1. The van der Waals surface area contributed by atoms with E-state index >= 15 is 0 Å². The maximum absolute atomic E-state index is 12.1. The summed E-state index contributed by atoms with van der Waals surface area (Å²) in [6, 6.07) is 5.87. The fraction of sp³-hybridized carbons (Fsp3) is 0.533. The molecule has 112 valence electrons. The van der Waals surface area contributed by atoms with Gasteiger partial charge in [-0.2, -0.15) is 0 Å². The highest BCUT2D eigenvalue weighted by Crippen LogP contribution is 2.19. The average Bonchev–Trinajstić information content (AvgIpc) is 2.40. The van der Waals surface area contributed by atoms with Crippen LogP contribution < -0.4 is 5.32 Å². The molecule has 0 saturated heterocycles. The number of nitrogens with zero attached hydrogens (tertiary/aromatic N) is 1. The second-order valence-electron chi connectivity index (χ2n) is 4.89. The van der Waals surface area contributed by atoms with Crippen molar-refractivity contribution in [2.45, 2.75) is 20.3 Å². The van der Waals surface area contributed by atoms with Crippen molar-refractivity contribution >= 4 is 11.6 Å². The van der Waals surface area contributed by atoms with E-state index in [9.17, 15) is 4.79 Å². The van der Waals surface area contributed by atoms with Crippen LogP contribution in [0.3, 0.4) is 0 Å². The minimum Gasteiger partial charge on any atom is -0.396 e. The third-order valence-electron chi connectivity index (χ3n) is 3.16. The highest BCUT2D eigenvalue weighted by Gasteiger charge is 2.12. The number of anilines is 1. The summed E-state index contributed by atoms with van der Waals surface area (Å²) in [7, 11) is 0. The normalized spacial score (nSPS) is 10.8. The fourth-order valence-electron chi connectivity index (χ4n) is 2.10. The standard InChI is InChI=1S/C15H24N2O3/c1-12-5-3-6-13(2)15(12)16-14(20)11-17(8-10-19)7-4-9-18/h3,5-6,18-19H,4,7-11H2,1-2H3,(H,16,20). The zero-order chi connectivity index (χ0) is 15.0. The number of nitrogens with one attached hydrogen (secondary N) is 1. The number of benzene rings is 1. The third-order valence-corrected chi connectivity index (χ3v) is 3.16. The molecular formula is C15H24N2O3. The van der Waals surface area contributed by atoms with Crippen molar-refractivity contribution in [2.24, 2.45) is 0 Å². The van der Waals surface area contributed by atoms with E-state index in [4.69, 9.17) is 10.2 Å². The molecule has 0 bridgehead atoms. The van der Waals surface area contributed by atoms with Crippen molar-refractivity contribution in [2.75, 3.05) is 38.2 Å². The number of aliphatic hydroxyl groups excluding tert-OH is 2. The quantitative estimate of drug-likeness (QED) is 0.662. The van der Waals surface area contributed by atoms with Gasteiger partial charge < -0.3 is 15.5 Å². The Morgan fingerprint density at radius 1 is 1.15 bits per heavy atom. The lowest BCUT2D eigenvalue weighted by atomic mass is 10.1. The van der Waals surface area contributed by atoms with Crippen LogP contribution in [0, 0.1) is 13.8 Å². The third kappa shape index (κ3) is 5.28. The largest absolute Gasteiger partial charge is 0.396 e. The predicted octanol–water partition coefficient (Wildman–Crippen LogP) is 0.919. The van der Waals surface area contributed by atoms with Gasteiger partial charge in [-0.05, 0) is 31.4 Å². The Morgan fingerprint density at radius 2 is 1.80 bits per heavy atom. The number of para-hydroxylation sites is 1. The summed E-state index contributed by atoms with van der Waals surface area (Å²) in [5.74, 6) is -0.103. The van der Waals surface area contributed by atoms with Gasteiger partial charge in [-0.25, -0.2) is 0 Å². The molecule has 1 aromatic carbocycles. The Morgan fingerprint density at radius 3 is 2.35 bits per heavy atom.